The zero-order valence-corrected chi connectivity index (χ0v) is 12.0. The molecule has 0 fully saturated rings. The molecule has 106 valence electrons. The standard InChI is InChI=1S/C13H19ClN2O3/c1-13(2,3)19-12(18)16-10-6-8(11(17)7-15)4-5-9(10)14/h4-6,11,17H,7,15H2,1-3H3,(H,16,18)/t11-/m1/s1. The summed E-state index contributed by atoms with van der Waals surface area (Å²) < 4.78 is 5.13. The lowest BCUT2D eigenvalue weighted by molar-refractivity contribution is 0.0636. The second-order valence-corrected chi connectivity index (χ2v) is 5.52. The van der Waals surface area contributed by atoms with Gasteiger partial charge < -0.3 is 15.6 Å². The first-order valence-electron chi connectivity index (χ1n) is 5.90. The Kier molecular flexibility index (Phi) is 5.17. The summed E-state index contributed by atoms with van der Waals surface area (Å²) in [6, 6.07) is 4.81. The third-order valence-corrected chi connectivity index (χ3v) is 2.56. The Morgan fingerprint density at radius 2 is 2.16 bits per heavy atom. The fraction of sp³-hybridized carbons (Fsp3) is 0.462. The molecule has 1 atom stereocenters. The number of anilines is 1. The van der Waals surface area contributed by atoms with Gasteiger partial charge in [-0.2, -0.15) is 0 Å². The highest BCUT2D eigenvalue weighted by Crippen LogP contribution is 2.26. The molecular weight excluding hydrogens is 268 g/mol. The molecule has 0 spiro atoms. The highest BCUT2D eigenvalue weighted by Gasteiger charge is 2.17. The van der Waals surface area contributed by atoms with Crippen LogP contribution in [-0.2, 0) is 4.74 Å². The fourth-order valence-electron chi connectivity index (χ4n) is 1.40. The number of carbonyl (C=O) groups is 1. The van der Waals surface area contributed by atoms with Crippen LogP contribution >= 0.6 is 11.6 Å². The van der Waals surface area contributed by atoms with E-state index in [-0.39, 0.29) is 6.54 Å². The van der Waals surface area contributed by atoms with Crippen LogP contribution in [-0.4, -0.2) is 23.3 Å². The van der Waals surface area contributed by atoms with Gasteiger partial charge in [-0.3, -0.25) is 5.32 Å². The maximum absolute atomic E-state index is 11.7. The van der Waals surface area contributed by atoms with Crippen molar-refractivity contribution in [3.8, 4) is 0 Å². The number of hydrogen-bond donors (Lipinski definition) is 3. The number of rotatable bonds is 3. The second-order valence-electron chi connectivity index (χ2n) is 5.12. The zero-order valence-electron chi connectivity index (χ0n) is 11.2. The summed E-state index contributed by atoms with van der Waals surface area (Å²) >= 11 is 5.98. The third kappa shape index (κ3) is 5.06. The number of benzene rings is 1. The summed E-state index contributed by atoms with van der Waals surface area (Å²) in [6.07, 6.45) is -1.40. The number of halogens is 1. The van der Waals surface area contributed by atoms with Gasteiger partial charge in [-0.25, -0.2) is 4.79 Å². The van der Waals surface area contributed by atoms with E-state index in [2.05, 4.69) is 5.32 Å². The third-order valence-electron chi connectivity index (χ3n) is 2.23. The molecule has 0 aliphatic rings. The molecule has 1 amide bonds. The average Bonchev–Trinajstić information content (AvgIpc) is 2.28. The van der Waals surface area contributed by atoms with E-state index in [1.165, 1.54) is 0 Å². The summed E-state index contributed by atoms with van der Waals surface area (Å²) in [6.45, 7) is 5.39. The van der Waals surface area contributed by atoms with Crippen molar-refractivity contribution in [1.29, 1.82) is 0 Å². The first kappa shape index (κ1) is 15.8. The van der Waals surface area contributed by atoms with Gasteiger partial charge in [0.25, 0.3) is 0 Å². The van der Waals surface area contributed by atoms with Crippen molar-refractivity contribution >= 4 is 23.4 Å². The van der Waals surface area contributed by atoms with Crippen molar-refractivity contribution in [1.82, 2.24) is 0 Å². The summed E-state index contributed by atoms with van der Waals surface area (Å²) in [5.74, 6) is 0. The van der Waals surface area contributed by atoms with Gasteiger partial charge in [0.2, 0.25) is 0 Å². The normalized spacial score (nSPS) is 12.9. The predicted molar refractivity (Wildman–Crippen MR) is 75.3 cm³/mol. The van der Waals surface area contributed by atoms with E-state index >= 15 is 0 Å². The molecule has 1 aromatic rings. The molecule has 0 saturated heterocycles. The Hall–Kier alpha value is -1.30. The number of nitrogens with two attached hydrogens (primary N) is 1. The highest BCUT2D eigenvalue weighted by atomic mass is 35.5. The van der Waals surface area contributed by atoms with E-state index in [1.54, 1.807) is 39.0 Å². The lowest BCUT2D eigenvalue weighted by atomic mass is 10.1. The van der Waals surface area contributed by atoms with Crippen LogP contribution in [0.1, 0.15) is 32.4 Å². The van der Waals surface area contributed by atoms with Gasteiger partial charge >= 0.3 is 6.09 Å². The maximum atomic E-state index is 11.7. The van der Waals surface area contributed by atoms with Crippen molar-refractivity contribution < 1.29 is 14.6 Å². The summed E-state index contributed by atoms with van der Waals surface area (Å²) in [7, 11) is 0. The number of nitrogens with one attached hydrogen (secondary N) is 1. The molecular formula is C13H19ClN2O3. The number of amides is 1. The number of hydrogen-bond acceptors (Lipinski definition) is 4. The van der Waals surface area contributed by atoms with Crippen LogP contribution in [0.5, 0.6) is 0 Å². The van der Waals surface area contributed by atoms with Crippen molar-refractivity contribution in [3.63, 3.8) is 0 Å². The topological polar surface area (TPSA) is 84.6 Å². The molecule has 1 aromatic carbocycles. The van der Waals surface area contributed by atoms with Crippen molar-refractivity contribution in [3.05, 3.63) is 28.8 Å². The van der Waals surface area contributed by atoms with E-state index in [9.17, 15) is 9.90 Å². The van der Waals surface area contributed by atoms with Crippen LogP contribution in [0, 0.1) is 0 Å². The van der Waals surface area contributed by atoms with Crippen LogP contribution in [0.4, 0.5) is 10.5 Å². The second kappa shape index (κ2) is 6.23. The first-order chi connectivity index (χ1) is 8.73. The van der Waals surface area contributed by atoms with E-state index in [1.807, 2.05) is 0 Å². The van der Waals surface area contributed by atoms with Crippen molar-refractivity contribution in [2.45, 2.75) is 32.5 Å². The first-order valence-corrected chi connectivity index (χ1v) is 6.28. The predicted octanol–water partition coefficient (Wildman–Crippen LogP) is 2.68. The summed E-state index contributed by atoms with van der Waals surface area (Å²) in [5, 5.41) is 12.6. The van der Waals surface area contributed by atoms with Gasteiger partial charge in [0.1, 0.15) is 5.60 Å². The molecule has 0 aliphatic carbocycles. The monoisotopic (exact) mass is 286 g/mol. The molecule has 6 heteroatoms. The molecule has 0 aromatic heterocycles. The summed E-state index contributed by atoms with van der Waals surface area (Å²) in [4.78, 5) is 11.7. The molecule has 0 radical (unpaired) electrons. The Morgan fingerprint density at radius 1 is 1.53 bits per heavy atom. The molecule has 0 heterocycles. The van der Waals surface area contributed by atoms with Gasteiger partial charge in [0.05, 0.1) is 16.8 Å². The van der Waals surface area contributed by atoms with Gasteiger partial charge in [-0.15, -0.1) is 0 Å². The number of ether oxygens (including phenoxy) is 1. The minimum Gasteiger partial charge on any atom is -0.444 e. The summed E-state index contributed by atoms with van der Waals surface area (Å²) in [5.41, 5.74) is 5.75. The van der Waals surface area contributed by atoms with Gasteiger partial charge in [-0.1, -0.05) is 17.7 Å². The van der Waals surface area contributed by atoms with Gasteiger partial charge in [0, 0.05) is 6.54 Å². The van der Waals surface area contributed by atoms with E-state index < -0.39 is 17.8 Å². The van der Waals surface area contributed by atoms with Gasteiger partial charge in [-0.05, 0) is 38.5 Å². The number of aliphatic hydroxyl groups excluding tert-OH is 1. The highest BCUT2D eigenvalue weighted by molar-refractivity contribution is 6.33. The maximum Gasteiger partial charge on any atom is 0.412 e. The van der Waals surface area contributed by atoms with Crippen LogP contribution < -0.4 is 11.1 Å². The van der Waals surface area contributed by atoms with Crippen LogP contribution in [0.15, 0.2) is 18.2 Å². The van der Waals surface area contributed by atoms with Gasteiger partial charge in [0.15, 0.2) is 0 Å². The Balaban J connectivity index is 2.85. The Labute approximate surface area is 117 Å². The van der Waals surface area contributed by atoms with E-state index in [0.29, 0.717) is 16.3 Å². The molecule has 0 unspecified atom stereocenters. The SMILES string of the molecule is CC(C)(C)OC(=O)Nc1cc([C@H](O)CN)ccc1Cl. The molecule has 19 heavy (non-hydrogen) atoms. The quantitative estimate of drug-likeness (QED) is 0.797. The average molecular weight is 287 g/mol. The molecule has 0 aliphatic heterocycles. The van der Waals surface area contributed by atoms with Crippen LogP contribution in [0.2, 0.25) is 5.02 Å². The molecule has 1 rings (SSSR count). The number of carbonyl (C=O) groups excluding carboxylic acids is 1. The van der Waals surface area contributed by atoms with Crippen LogP contribution in [0.3, 0.4) is 0 Å². The molecule has 0 saturated carbocycles. The minimum absolute atomic E-state index is 0.0908. The molecule has 5 nitrogen and oxygen atoms in total. The zero-order chi connectivity index (χ0) is 14.6. The van der Waals surface area contributed by atoms with Crippen molar-refractivity contribution in [2.24, 2.45) is 5.73 Å². The minimum atomic E-state index is -0.795. The molecule has 0 bridgehead atoms. The fourth-order valence-corrected chi connectivity index (χ4v) is 1.56. The van der Waals surface area contributed by atoms with E-state index in [0.717, 1.165) is 0 Å². The van der Waals surface area contributed by atoms with Crippen LogP contribution in [0.25, 0.3) is 0 Å². The number of aliphatic hydroxyl groups is 1. The van der Waals surface area contributed by atoms with E-state index in [4.69, 9.17) is 22.1 Å². The van der Waals surface area contributed by atoms with Crippen molar-refractivity contribution in [2.75, 3.05) is 11.9 Å². The molecule has 4 N–H and O–H groups in total. The lowest BCUT2D eigenvalue weighted by Crippen LogP contribution is -2.27. The smallest absolute Gasteiger partial charge is 0.412 e. The Morgan fingerprint density at radius 3 is 2.68 bits per heavy atom. The lowest BCUT2D eigenvalue weighted by Gasteiger charge is -2.20. The largest absolute Gasteiger partial charge is 0.444 e. The Bertz CT molecular complexity index is 458.